The lowest BCUT2D eigenvalue weighted by Gasteiger charge is -2.28. The van der Waals surface area contributed by atoms with Crippen molar-refractivity contribution in [2.45, 2.75) is 55.8 Å². The second-order valence-corrected chi connectivity index (χ2v) is 13.4. The van der Waals surface area contributed by atoms with E-state index < -0.39 is 55.9 Å². The number of fused-ring (bicyclic) bond motifs is 1. The number of methoxy groups -OCH3 is 1. The normalized spacial score (nSPS) is 22.9. The van der Waals surface area contributed by atoms with Crippen LogP contribution in [-0.2, 0) is 40.1 Å². The Hall–Kier alpha value is -4.39. The molecule has 0 amide bonds. The van der Waals surface area contributed by atoms with Crippen molar-refractivity contribution >= 4 is 25.1 Å². The van der Waals surface area contributed by atoms with Crippen LogP contribution in [0.15, 0.2) is 79.1 Å². The molecule has 4 aromatic rings. The van der Waals surface area contributed by atoms with Crippen LogP contribution >= 0.6 is 7.75 Å². The zero-order valence-corrected chi connectivity index (χ0v) is 27.4. The highest BCUT2D eigenvalue weighted by molar-refractivity contribution is 7.52. The Labute approximate surface area is 276 Å². The van der Waals surface area contributed by atoms with Gasteiger partial charge in [0.1, 0.15) is 54.6 Å². The monoisotopic (exact) mass is 680 g/mol. The number of nitrogen functional groups attached to an aromatic ring is 1. The highest BCUT2D eigenvalue weighted by atomic mass is 31.2. The number of aliphatic hydroxyl groups is 2. The fourth-order valence-electron chi connectivity index (χ4n) is 5.06. The first-order valence-corrected chi connectivity index (χ1v) is 16.5. The molecule has 254 valence electrons. The highest BCUT2D eigenvalue weighted by Gasteiger charge is 2.58. The number of nitrogens with two attached hydrogens (primary N) is 1. The Morgan fingerprint density at radius 1 is 1.17 bits per heavy atom. The fourth-order valence-corrected chi connectivity index (χ4v) is 6.56. The number of carbonyl (C=O) groups is 1. The van der Waals surface area contributed by atoms with Crippen LogP contribution in [0.1, 0.15) is 25.1 Å². The van der Waals surface area contributed by atoms with E-state index >= 15 is 0 Å². The minimum atomic E-state index is -4.49. The molecule has 6 atom stereocenters. The summed E-state index contributed by atoms with van der Waals surface area (Å²) in [5.41, 5.74) is 4.18. The molecule has 0 radical (unpaired) electrons. The number of nitrogens with zero attached hydrogens (tertiary/aromatic N) is 4. The largest absolute Gasteiger partial charge is 0.461 e. The zero-order valence-electron chi connectivity index (χ0n) is 26.5. The Morgan fingerprint density at radius 3 is 2.52 bits per heavy atom. The van der Waals surface area contributed by atoms with Gasteiger partial charge in [0.15, 0.2) is 5.82 Å². The first-order valence-electron chi connectivity index (χ1n) is 15.0. The van der Waals surface area contributed by atoms with Crippen LogP contribution in [0, 0.1) is 11.3 Å². The lowest BCUT2D eigenvalue weighted by atomic mass is 9.92. The van der Waals surface area contributed by atoms with Gasteiger partial charge in [0.2, 0.25) is 5.60 Å². The fraction of sp³-hybridized carbons (Fsp3) is 0.375. The molecular weight excluding hydrogens is 643 g/mol. The molecule has 5 N–H and O–H groups in total. The molecule has 2 aromatic heterocycles. The molecule has 0 spiro atoms. The van der Waals surface area contributed by atoms with Gasteiger partial charge in [-0.3, -0.25) is 9.32 Å². The van der Waals surface area contributed by atoms with Gasteiger partial charge in [-0.25, -0.2) is 14.1 Å². The predicted octanol–water partition coefficient (Wildman–Crippen LogP) is 2.52. The van der Waals surface area contributed by atoms with E-state index in [4.69, 9.17) is 29.0 Å². The number of aromatic nitrogens is 3. The van der Waals surface area contributed by atoms with Gasteiger partial charge in [0.05, 0.1) is 17.9 Å². The molecule has 15 nitrogen and oxygen atoms in total. The summed E-state index contributed by atoms with van der Waals surface area (Å²) >= 11 is 0. The molecule has 1 aliphatic heterocycles. The number of anilines is 1. The minimum Gasteiger partial charge on any atom is -0.461 e. The van der Waals surface area contributed by atoms with E-state index in [0.717, 1.165) is 5.56 Å². The number of aliphatic hydroxyl groups excluding tert-OH is 2. The van der Waals surface area contributed by atoms with Crippen molar-refractivity contribution < 1.29 is 42.8 Å². The van der Waals surface area contributed by atoms with Crippen molar-refractivity contribution in [2.75, 3.05) is 26.1 Å². The molecule has 0 saturated carbocycles. The maximum Gasteiger partial charge on any atom is 0.459 e. The lowest BCUT2D eigenvalue weighted by Crippen LogP contribution is -2.42. The first-order chi connectivity index (χ1) is 22.9. The molecule has 1 fully saturated rings. The minimum absolute atomic E-state index is 0.0453. The number of hydrogen-bond acceptors (Lipinski definition) is 13. The predicted molar refractivity (Wildman–Crippen MR) is 171 cm³/mol. The van der Waals surface area contributed by atoms with Crippen molar-refractivity contribution in [1.29, 1.82) is 5.26 Å². The summed E-state index contributed by atoms with van der Waals surface area (Å²) in [4.78, 5) is 17.4. The maximum atomic E-state index is 14.5. The van der Waals surface area contributed by atoms with Gasteiger partial charge < -0.3 is 34.7 Å². The van der Waals surface area contributed by atoms with Gasteiger partial charge in [0.25, 0.3) is 0 Å². The molecule has 1 unspecified atom stereocenters. The molecule has 1 aliphatic rings. The molecule has 0 aliphatic carbocycles. The van der Waals surface area contributed by atoms with Crippen molar-refractivity contribution in [3.8, 4) is 11.8 Å². The zero-order chi connectivity index (χ0) is 34.5. The number of carbonyl (C=O) groups excluding carboxylic acids is 1. The van der Waals surface area contributed by atoms with E-state index in [-0.39, 0.29) is 30.3 Å². The molecule has 0 bridgehead atoms. The van der Waals surface area contributed by atoms with Crippen molar-refractivity contribution in [1.82, 2.24) is 19.7 Å². The topological polar surface area (TPSA) is 213 Å². The summed E-state index contributed by atoms with van der Waals surface area (Å²) in [5, 5.41) is 39.3. The molecule has 1 saturated heterocycles. The number of para-hydroxylation sites is 1. The Balaban J connectivity index is 1.42. The summed E-state index contributed by atoms with van der Waals surface area (Å²) in [6.07, 6.45) is -3.63. The van der Waals surface area contributed by atoms with Gasteiger partial charge in [-0.05, 0) is 50.1 Å². The quantitative estimate of drug-likeness (QED) is 0.111. The van der Waals surface area contributed by atoms with Crippen LogP contribution in [-0.4, -0.2) is 81.1 Å². The number of hydrogen-bond donors (Lipinski definition) is 4. The van der Waals surface area contributed by atoms with Gasteiger partial charge in [0, 0.05) is 7.11 Å². The van der Waals surface area contributed by atoms with Crippen LogP contribution in [0.3, 0.4) is 0 Å². The second-order valence-electron chi connectivity index (χ2n) is 11.7. The number of esters is 1. The van der Waals surface area contributed by atoms with Crippen molar-refractivity contribution in [3.63, 3.8) is 0 Å². The standard InChI is InChI=1S/C32H37N6O9P/c1-31(2,43-3)19-44-30(41)23(16-21-10-6-4-7-11-21)37-48(42,47-22-12-8-5-9-13-22)45-17-25-27(39)28(40)32(18-33,46-25)26-15-14-24-29(34)35-20-36-38(24)26/h4-15,20,23,25,27-28,39-40H,16-17,19H2,1-3H3,(H,37,42)(H2,34,35,36)/t23-,25+,27+,28+,32-,48?/m0/s1. The lowest BCUT2D eigenvalue weighted by molar-refractivity contribution is -0.153. The summed E-state index contributed by atoms with van der Waals surface area (Å²) in [7, 11) is -3.01. The smallest absolute Gasteiger partial charge is 0.459 e. The molecule has 5 rings (SSSR count). The average Bonchev–Trinajstić information content (AvgIpc) is 3.63. The first kappa shape index (κ1) is 34.9. The van der Waals surface area contributed by atoms with E-state index in [0.29, 0.717) is 5.52 Å². The number of benzene rings is 2. The average molecular weight is 681 g/mol. The summed E-state index contributed by atoms with van der Waals surface area (Å²) in [6, 6.07) is 20.8. The number of rotatable bonds is 14. The molecule has 2 aromatic carbocycles. The number of nitrogens with one attached hydrogen (secondary N) is 1. The van der Waals surface area contributed by atoms with E-state index in [2.05, 4.69) is 15.2 Å². The number of ether oxygens (including phenoxy) is 3. The summed E-state index contributed by atoms with van der Waals surface area (Å²) in [6.45, 7) is 2.76. The third-order valence-electron chi connectivity index (χ3n) is 7.86. The number of nitriles is 1. The SMILES string of the molecule is COC(C)(C)COC(=O)[C@H](Cc1ccccc1)NP(=O)(OC[C@H]1O[C@@](C#N)(c2ccc3c(N)ncnn23)[C@H](O)[C@@H]1O)Oc1ccccc1. The highest BCUT2D eigenvalue weighted by Crippen LogP contribution is 2.47. The molecular formula is C32H37N6O9P. The van der Waals surface area contributed by atoms with Gasteiger partial charge in [-0.1, -0.05) is 48.5 Å². The van der Waals surface area contributed by atoms with Crippen LogP contribution in [0.2, 0.25) is 0 Å². The van der Waals surface area contributed by atoms with E-state index in [1.54, 1.807) is 74.5 Å². The van der Waals surface area contributed by atoms with E-state index in [1.165, 1.54) is 24.0 Å². The van der Waals surface area contributed by atoms with Crippen LogP contribution < -0.4 is 15.3 Å². The summed E-state index contributed by atoms with van der Waals surface area (Å²) in [5.74, 6) is -0.476. The third kappa shape index (κ3) is 7.51. The molecule has 3 heterocycles. The Bertz CT molecular complexity index is 1800. The van der Waals surface area contributed by atoms with Gasteiger partial charge >= 0.3 is 13.7 Å². The Morgan fingerprint density at radius 2 is 1.85 bits per heavy atom. The third-order valence-corrected chi connectivity index (χ3v) is 9.43. The molecule has 48 heavy (non-hydrogen) atoms. The van der Waals surface area contributed by atoms with Crippen molar-refractivity contribution in [3.05, 3.63) is 90.4 Å². The van der Waals surface area contributed by atoms with Crippen LogP contribution in [0.25, 0.3) is 5.52 Å². The summed E-state index contributed by atoms with van der Waals surface area (Å²) < 4.78 is 44.3. The van der Waals surface area contributed by atoms with Gasteiger partial charge in [-0.15, -0.1) is 0 Å². The second kappa shape index (κ2) is 14.4. The van der Waals surface area contributed by atoms with Crippen molar-refractivity contribution in [2.24, 2.45) is 0 Å². The van der Waals surface area contributed by atoms with E-state index in [1.807, 2.05) is 12.1 Å². The van der Waals surface area contributed by atoms with Crippen LogP contribution in [0.4, 0.5) is 5.82 Å². The maximum absolute atomic E-state index is 14.5. The molecule has 16 heteroatoms. The van der Waals surface area contributed by atoms with Gasteiger partial charge in [-0.2, -0.15) is 15.4 Å². The van der Waals surface area contributed by atoms with E-state index in [9.17, 15) is 24.8 Å². The Kier molecular flexibility index (Phi) is 10.5. The van der Waals surface area contributed by atoms with Crippen LogP contribution in [0.5, 0.6) is 5.75 Å².